The van der Waals surface area contributed by atoms with Crippen LogP contribution in [-0.4, -0.2) is 28.9 Å². The van der Waals surface area contributed by atoms with Crippen LogP contribution >= 0.6 is 11.6 Å². The Hall–Kier alpha value is -3.05. The number of hydrogen-bond donors (Lipinski definition) is 2. The fraction of sp³-hybridized carbons (Fsp3) is 0.100. The van der Waals surface area contributed by atoms with E-state index in [2.05, 4.69) is 0 Å². The van der Waals surface area contributed by atoms with Gasteiger partial charge in [0.25, 0.3) is 0 Å². The number of rotatable bonds is 7. The van der Waals surface area contributed by atoms with Gasteiger partial charge in [0.2, 0.25) is 0 Å². The summed E-state index contributed by atoms with van der Waals surface area (Å²) < 4.78 is 4.94. The highest BCUT2D eigenvalue weighted by atomic mass is 35.5. The molecule has 0 atom stereocenters. The van der Waals surface area contributed by atoms with Gasteiger partial charge in [-0.05, 0) is 59.7 Å². The second-order valence-corrected chi connectivity index (χ2v) is 5.82. The molecule has 6 heteroatoms. The lowest BCUT2D eigenvalue weighted by molar-refractivity contribution is -0.121. The zero-order valence-electron chi connectivity index (χ0n) is 14.0. The Balaban J connectivity index is 1.95. The molecule has 0 fully saturated rings. The van der Waals surface area contributed by atoms with Crippen LogP contribution in [0.4, 0.5) is 0 Å². The summed E-state index contributed by atoms with van der Waals surface area (Å²) in [5.74, 6) is -0.412. The number of hydrogen-bond acceptors (Lipinski definition) is 5. The third-order valence-corrected chi connectivity index (χ3v) is 3.77. The first-order valence-electron chi connectivity index (χ1n) is 7.66. The smallest absolute Gasteiger partial charge is 0.163 e. The summed E-state index contributed by atoms with van der Waals surface area (Å²) in [5, 5.41) is 19.3. The molecule has 26 heavy (non-hydrogen) atoms. The van der Waals surface area contributed by atoms with Crippen LogP contribution in [0.15, 0.2) is 48.6 Å². The second-order valence-electron chi connectivity index (χ2n) is 5.41. The molecule has 2 aromatic rings. The summed E-state index contributed by atoms with van der Waals surface area (Å²) >= 11 is 5.94. The number of phenolic OH excluding ortho intramolecular Hbond substituents is 2. The molecule has 2 rings (SSSR count). The first kappa shape index (κ1) is 19.3. The SMILES string of the molecule is COc1ccc(C=CC(=O)CC(=O)C=Cc2ccc(O)cc2Cl)cc1O. The molecule has 2 aromatic carbocycles. The predicted octanol–water partition coefficient (Wildman–Crippen LogP) is 4.01. The molecule has 0 saturated carbocycles. The minimum Gasteiger partial charge on any atom is -0.508 e. The van der Waals surface area contributed by atoms with E-state index in [9.17, 15) is 19.8 Å². The molecular weight excluding hydrogens is 356 g/mol. The fourth-order valence-electron chi connectivity index (χ4n) is 2.12. The Kier molecular flexibility index (Phi) is 6.58. The Bertz CT molecular complexity index is 884. The number of aromatic hydroxyl groups is 2. The van der Waals surface area contributed by atoms with Crippen molar-refractivity contribution in [1.29, 1.82) is 0 Å². The Morgan fingerprint density at radius 3 is 2.35 bits per heavy atom. The molecular formula is C20H17ClO5. The first-order valence-corrected chi connectivity index (χ1v) is 8.04. The van der Waals surface area contributed by atoms with Gasteiger partial charge in [-0.3, -0.25) is 9.59 Å². The summed E-state index contributed by atoms with van der Waals surface area (Å²) in [6.45, 7) is 0. The Morgan fingerprint density at radius 1 is 1.04 bits per heavy atom. The highest BCUT2D eigenvalue weighted by Crippen LogP contribution is 2.26. The normalized spacial score (nSPS) is 11.2. The molecule has 134 valence electrons. The van der Waals surface area contributed by atoms with Crippen LogP contribution in [0.3, 0.4) is 0 Å². The zero-order chi connectivity index (χ0) is 19.1. The molecule has 0 amide bonds. The summed E-state index contributed by atoms with van der Waals surface area (Å²) in [4.78, 5) is 23.7. The average Bonchev–Trinajstić information content (AvgIpc) is 2.59. The minimum atomic E-state index is -0.374. The Labute approximate surface area is 155 Å². The van der Waals surface area contributed by atoms with Gasteiger partial charge in [0.05, 0.1) is 18.6 Å². The van der Waals surface area contributed by atoms with Crippen LogP contribution in [0.25, 0.3) is 12.2 Å². The van der Waals surface area contributed by atoms with E-state index in [0.717, 1.165) is 0 Å². The molecule has 2 N–H and O–H groups in total. The fourth-order valence-corrected chi connectivity index (χ4v) is 2.36. The number of ether oxygens (including phenoxy) is 1. The van der Waals surface area contributed by atoms with Gasteiger partial charge in [0, 0.05) is 0 Å². The van der Waals surface area contributed by atoms with Crippen molar-refractivity contribution in [2.24, 2.45) is 0 Å². The molecule has 0 heterocycles. The van der Waals surface area contributed by atoms with Gasteiger partial charge < -0.3 is 14.9 Å². The van der Waals surface area contributed by atoms with Gasteiger partial charge in [-0.15, -0.1) is 0 Å². The standard InChI is InChI=1S/C20H17ClO5/c1-26-20-9-3-13(10-19(20)25)2-6-15(22)11-16(23)7-4-14-5-8-17(24)12-18(14)21/h2-10,12,24-25H,11H2,1H3. The van der Waals surface area contributed by atoms with Gasteiger partial charge in [-0.1, -0.05) is 23.7 Å². The van der Waals surface area contributed by atoms with E-state index in [-0.39, 0.29) is 29.5 Å². The highest BCUT2D eigenvalue weighted by Gasteiger charge is 2.05. The van der Waals surface area contributed by atoms with Crippen LogP contribution in [0.2, 0.25) is 5.02 Å². The van der Waals surface area contributed by atoms with Gasteiger partial charge in [0.15, 0.2) is 23.1 Å². The lowest BCUT2D eigenvalue weighted by atomic mass is 10.1. The van der Waals surface area contributed by atoms with E-state index >= 15 is 0 Å². The highest BCUT2D eigenvalue weighted by molar-refractivity contribution is 6.32. The Morgan fingerprint density at radius 2 is 1.73 bits per heavy atom. The summed E-state index contributed by atoms with van der Waals surface area (Å²) in [6.07, 6.45) is 5.26. The number of carbonyl (C=O) groups is 2. The van der Waals surface area contributed by atoms with Crippen LogP contribution in [0.1, 0.15) is 17.5 Å². The largest absolute Gasteiger partial charge is 0.508 e. The maximum atomic E-state index is 11.9. The monoisotopic (exact) mass is 372 g/mol. The second kappa shape index (κ2) is 8.87. The lowest BCUT2D eigenvalue weighted by Crippen LogP contribution is -2.01. The number of benzene rings is 2. The van der Waals surface area contributed by atoms with E-state index in [4.69, 9.17) is 16.3 Å². The summed E-state index contributed by atoms with van der Waals surface area (Å²) in [5.41, 5.74) is 1.17. The van der Waals surface area contributed by atoms with E-state index < -0.39 is 0 Å². The van der Waals surface area contributed by atoms with Gasteiger partial charge in [-0.25, -0.2) is 0 Å². The van der Waals surface area contributed by atoms with Crippen molar-refractivity contribution in [1.82, 2.24) is 0 Å². The van der Waals surface area contributed by atoms with Crippen LogP contribution in [-0.2, 0) is 9.59 Å². The van der Waals surface area contributed by atoms with Crippen molar-refractivity contribution in [3.8, 4) is 17.2 Å². The van der Waals surface area contributed by atoms with Gasteiger partial charge in [0.1, 0.15) is 5.75 Å². The van der Waals surface area contributed by atoms with Crippen molar-refractivity contribution in [3.63, 3.8) is 0 Å². The first-order chi connectivity index (χ1) is 12.4. The number of allylic oxidation sites excluding steroid dienone is 2. The van der Waals surface area contributed by atoms with E-state index in [1.165, 1.54) is 49.6 Å². The quantitative estimate of drug-likeness (QED) is 0.566. The van der Waals surface area contributed by atoms with Gasteiger partial charge in [-0.2, -0.15) is 0 Å². The van der Waals surface area contributed by atoms with Crippen molar-refractivity contribution in [2.45, 2.75) is 6.42 Å². The van der Waals surface area contributed by atoms with Crippen molar-refractivity contribution in [2.75, 3.05) is 7.11 Å². The molecule has 0 aromatic heterocycles. The zero-order valence-corrected chi connectivity index (χ0v) is 14.7. The third kappa shape index (κ3) is 5.50. The molecule has 0 saturated heterocycles. The van der Waals surface area contributed by atoms with Crippen LogP contribution in [0.5, 0.6) is 17.2 Å². The summed E-state index contributed by atoms with van der Waals surface area (Å²) in [6, 6.07) is 9.10. The molecule has 0 radical (unpaired) electrons. The molecule has 5 nitrogen and oxygen atoms in total. The maximum absolute atomic E-state index is 11.9. The molecule has 0 spiro atoms. The maximum Gasteiger partial charge on any atom is 0.163 e. The van der Waals surface area contributed by atoms with Crippen LogP contribution in [0, 0.1) is 0 Å². The summed E-state index contributed by atoms with van der Waals surface area (Å²) in [7, 11) is 1.44. The lowest BCUT2D eigenvalue weighted by Gasteiger charge is -2.03. The van der Waals surface area contributed by atoms with Crippen molar-refractivity contribution < 1.29 is 24.5 Å². The average molecular weight is 373 g/mol. The number of ketones is 2. The predicted molar refractivity (Wildman–Crippen MR) is 100 cm³/mol. The molecule has 0 bridgehead atoms. The van der Waals surface area contributed by atoms with Crippen molar-refractivity contribution in [3.05, 3.63) is 64.7 Å². The molecule has 0 aliphatic carbocycles. The molecule has 0 aliphatic heterocycles. The van der Waals surface area contributed by atoms with Crippen LogP contribution < -0.4 is 4.74 Å². The molecule has 0 unspecified atom stereocenters. The van der Waals surface area contributed by atoms with Gasteiger partial charge >= 0.3 is 0 Å². The van der Waals surface area contributed by atoms with E-state index in [1.807, 2.05) is 0 Å². The molecule has 0 aliphatic rings. The number of methoxy groups -OCH3 is 1. The topological polar surface area (TPSA) is 83.8 Å². The third-order valence-electron chi connectivity index (χ3n) is 3.45. The number of halogens is 1. The number of phenols is 2. The minimum absolute atomic E-state index is 0.0309. The van der Waals surface area contributed by atoms with E-state index in [0.29, 0.717) is 21.9 Å². The number of carbonyl (C=O) groups excluding carboxylic acids is 2. The van der Waals surface area contributed by atoms with E-state index in [1.54, 1.807) is 18.2 Å². The van der Waals surface area contributed by atoms with Crippen molar-refractivity contribution >= 4 is 35.3 Å².